The van der Waals surface area contributed by atoms with Gasteiger partial charge >= 0.3 is 5.76 Å². The van der Waals surface area contributed by atoms with Crippen molar-refractivity contribution in [1.29, 1.82) is 0 Å². The van der Waals surface area contributed by atoms with Gasteiger partial charge in [-0.15, -0.1) is 0 Å². The van der Waals surface area contributed by atoms with Crippen LogP contribution >= 0.6 is 0 Å². The molecule has 0 bridgehead atoms. The van der Waals surface area contributed by atoms with Gasteiger partial charge in [0, 0.05) is 19.1 Å². The maximum atomic E-state index is 13.0. The quantitative estimate of drug-likeness (QED) is 0.777. The molecule has 0 N–H and O–H groups in total. The summed E-state index contributed by atoms with van der Waals surface area (Å²) in [6, 6.07) is 6.83. The average Bonchev–Trinajstić information content (AvgIpc) is 3.20. The van der Waals surface area contributed by atoms with Crippen LogP contribution in [-0.4, -0.2) is 76.4 Å². The Morgan fingerprint density at radius 1 is 1.22 bits per heavy atom. The molecular weight excluding hydrogens is 348 g/mol. The maximum absolute atomic E-state index is 13.0. The highest BCUT2D eigenvalue weighted by molar-refractivity contribution is 5.89. The second-order valence-corrected chi connectivity index (χ2v) is 7.64. The Morgan fingerprint density at radius 3 is 2.70 bits per heavy atom. The van der Waals surface area contributed by atoms with Crippen LogP contribution < -0.4 is 5.76 Å². The number of hydrogen-bond donors (Lipinski definition) is 0. The molecule has 2 aliphatic rings. The highest BCUT2D eigenvalue weighted by Crippen LogP contribution is 2.28. The number of piperazine rings is 1. The minimum absolute atomic E-state index is 0.0200. The number of hydrogen-bond acceptors (Lipinski definition) is 5. The average molecular weight is 372 g/mol. The third-order valence-corrected chi connectivity index (χ3v) is 5.83. The minimum Gasteiger partial charge on any atom is -0.408 e. The number of rotatable bonds is 3. The SMILES string of the molecule is C[C@H]1C(=O)N2C[C@@H](N(C)C)C[C@H]2CN1C(=O)Cn1c(=O)oc2ccccc21. The molecule has 8 heteroatoms. The van der Waals surface area contributed by atoms with Gasteiger partial charge in [0.1, 0.15) is 12.6 Å². The van der Waals surface area contributed by atoms with Crippen molar-refractivity contribution in [2.75, 3.05) is 27.2 Å². The fraction of sp³-hybridized carbons (Fsp3) is 0.526. The summed E-state index contributed by atoms with van der Waals surface area (Å²) < 4.78 is 6.53. The lowest BCUT2D eigenvalue weighted by atomic mass is 10.1. The molecule has 8 nitrogen and oxygen atoms in total. The van der Waals surface area contributed by atoms with Crippen LogP contribution in [-0.2, 0) is 16.1 Å². The summed E-state index contributed by atoms with van der Waals surface area (Å²) in [7, 11) is 4.02. The van der Waals surface area contributed by atoms with Gasteiger partial charge in [-0.1, -0.05) is 12.1 Å². The Morgan fingerprint density at radius 2 is 1.96 bits per heavy atom. The first-order chi connectivity index (χ1) is 12.9. The second kappa shape index (κ2) is 6.53. The van der Waals surface area contributed by atoms with E-state index in [2.05, 4.69) is 4.90 Å². The zero-order chi connectivity index (χ0) is 19.3. The predicted molar refractivity (Wildman–Crippen MR) is 99.2 cm³/mol. The van der Waals surface area contributed by atoms with Crippen molar-refractivity contribution in [3.05, 3.63) is 34.8 Å². The molecule has 3 atom stereocenters. The van der Waals surface area contributed by atoms with Gasteiger partial charge in [0.2, 0.25) is 11.8 Å². The number of aromatic nitrogens is 1. The monoisotopic (exact) mass is 372 g/mol. The van der Waals surface area contributed by atoms with Crippen LogP contribution in [0.2, 0.25) is 0 Å². The summed E-state index contributed by atoms with van der Waals surface area (Å²) in [5.74, 6) is -0.818. The Kier molecular flexibility index (Phi) is 4.30. The van der Waals surface area contributed by atoms with E-state index in [0.29, 0.717) is 30.2 Å². The van der Waals surface area contributed by atoms with E-state index in [1.165, 1.54) is 4.57 Å². The van der Waals surface area contributed by atoms with E-state index in [-0.39, 0.29) is 24.4 Å². The summed E-state index contributed by atoms with van der Waals surface area (Å²) in [5.41, 5.74) is 1.04. The number of benzene rings is 1. The van der Waals surface area contributed by atoms with Crippen LogP contribution in [0.25, 0.3) is 11.1 Å². The van der Waals surface area contributed by atoms with E-state index < -0.39 is 11.8 Å². The molecular formula is C19H24N4O4. The second-order valence-electron chi connectivity index (χ2n) is 7.64. The first kappa shape index (κ1) is 17.8. The topological polar surface area (TPSA) is 79.0 Å². The van der Waals surface area contributed by atoms with Crippen molar-refractivity contribution >= 4 is 22.9 Å². The predicted octanol–water partition coefficient (Wildman–Crippen LogP) is 0.356. The summed E-state index contributed by atoms with van der Waals surface area (Å²) in [6.45, 7) is 2.84. The van der Waals surface area contributed by atoms with Gasteiger partial charge in [-0.25, -0.2) is 4.79 Å². The fourth-order valence-electron chi connectivity index (χ4n) is 4.18. The van der Waals surface area contributed by atoms with E-state index in [1.54, 1.807) is 36.1 Å². The summed E-state index contributed by atoms with van der Waals surface area (Å²) >= 11 is 0. The summed E-state index contributed by atoms with van der Waals surface area (Å²) in [5, 5.41) is 0. The van der Waals surface area contributed by atoms with Gasteiger partial charge < -0.3 is 19.1 Å². The van der Waals surface area contributed by atoms with Crippen LogP contribution in [0.5, 0.6) is 0 Å². The molecule has 2 amide bonds. The molecule has 27 heavy (non-hydrogen) atoms. The number of para-hydroxylation sites is 2. The van der Waals surface area contributed by atoms with Crippen molar-refractivity contribution in [3.8, 4) is 0 Å². The third kappa shape index (κ3) is 2.93. The van der Waals surface area contributed by atoms with E-state index >= 15 is 0 Å². The summed E-state index contributed by atoms with van der Waals surface area (Å²) in [6.07, 6.45) is 0.851. The largest absolute Gasteiger partial charge is 0.420 e. The molecule has 2 saturated heterocycles. The fourth-order valence-corrected chi connectivity index (χ4v) is 4.18. The number of carbonyl (C=O) groups excluding carboxylic acids is 2. The molecule has 0 radical (unpaired) electrons. The molecule has 2 aromatic rings. The van der Waals surface area contributed by atoms with Crippen LogP contribution in [0, 0.1) is 0 Å². The van der Waals surface area contributed by atoms with Gasteiger partial charge in [-0.05, 0) is 39.6 Å². The number of carbonyl (C=O) groups is 2. The van der Waals surface area contributed by atoms with Crippen molar-refractivity contribution < 1.29 is 14.0 Å². The Hall–Kier alpha value is -2.61. The lowest BCUT2D eigenvalue weighted by Gasteiger charge is -2.41. The zero-order valence-corrected chi connectivity index (χ0v) is 15.8. The lowest BCUT2D eigenvalue weighted by molar-refractivity contribution is -0.152. The van der Waals surface area contributed by atoms with Crippen molar-refractivity contribution in [2.45, 2.75) is 38.0 Å². The number of likely N-dealkylation sites (N-methyl/N-ethyl adjacent to an activating group) is 1. The number of fused-ring (bicyclic) bond motifs is 2. The Labute approximate surface area is 156 Å². The first-order valence-corrected chi connectivity index (χ1v) is 9.21. The Balaban J connectivity index is 1.56. The van der Waals surface area contributed by atoms with E-state index in [0.717, 1.165) is 6.42 Å². The molecule has 1 aromatic heterocycles. The molecule has 0 aliphatic carbocycles. The normalized spacial score (nSPS) is 25.5. The number of oxazole rings is 1. The van der Waals surface area contributed by atoms with Crippen LogP contribution in [0.1, 0.15) is 13.3 Å². The van der Waals surface area contributed by atoms with Gasteiger partial charge in [-0.2, -0.15) is 0 Å². The molecule has 0 saturated carbocycles. The van der Waals surface area contributed by atoms with E-state index in [9.17, 15) is 14.4 Å². The minimum atomic E-state index is -0.560. The zero-order valence-electron chi connectivity index (χ0n) is 15.8. The highest BCUT2D eigenvalue weighted by Gasteiger charge is 2.45. The molecule has 0 unspecified atom stereocenters. The van der Waals surface area contributed by atoms with Gasteiger partial charge in [0.25, 0.3) is 0 Å². The molecule has 4 rings (SSSR count). The molecule has 3 heterocycles. The molecule has 2 fully saturated rings. The number of nitrogens with zero attached hydrogens (tertiary/aromatic N) is 4. The molecule has 144 valence electrons. The standard InChI is InChI=1S/C19H24N4O4/c1-12-18(25)22-9-13(20(2)3)8-14(22)10-21(12)17(24)11-23-15-6-4-5-7-16(15)27-19(23)26/h4-7,12-14H,8-11H2,1-3H3/t12-,13-,14-/m0/s1. The van der Waals surface area contributed by atoms with Crippen LogP contribution in [0.15, 0.2) is 33.5 Å². The highest BCUT2D eigenvalue weighted by atomic mass is 16.4. The maximum Gasteiger partial charge on any atom is 0.420 e. The lowest BCUT2D eigenvalue weighted by Crippen LogP contribution is -2.60. The molecule has 1 aromatic carbocycles. The van der Waals surface area contributed by atoms with Gasteiger partial charge in [0.05, 0.1) is 11.6 Å². The number of amides is 2. The molecule has 0 spiro atoms. The van der Waals surface area contributed by atoms with Crippen molar-refractivity contribution in [1.82, 2.24) is 19.3 Å². The Bertz CT molecular complexity index is 947. The molecule has 2 aliphatic heterocycles. The third-order valence-electron chi connectivity index (χ3n) is 5.83. The van der Waals surface area contributed by atoms with Crippen LogP contribution in [0.4, 0.5) is 0 Å². The van der Waals surface area contributed by atoms with Crippen molar-refractivity contribution in [2.24, 2.45) is 0 Å². The summed E-state index contributed by atoms with van der Waals surface area (Å²) in [4.78, 5) is 43.5. The van der Waals surface area contributed by atoms with Gasteiger partial charge in [-0.3, -0.25) is 14.2 Å². The first-order valence-electron chi connectivity index (χ1n) is 9.21. The smallest absolute Gasteiger partial charge is 0.408 e. The van der Waals surface area contributed by atoms with Gasteiger partial charge in [0.15, 0.2) is 5.58 Å². The van der Waals surface area contributed by atoms with E-state index in [4.69, 9.17) is 4.42 Å². The van der Waals surface area contributed by atoms with E-state index in [1.807, 2.05) is 19.0 Å². The van der Waals surface area contributed by atoms with Crippen LogP contribution in [0.3, 0.4) is 0 Å². The van der Waals surface area contributed by atoms with Crippen molar-refractivity contribution in [3.63, 3.8) is 0 Å².